The van der Waals surface area contributed by atoms with Crippen LogP contribution in [0.2, 0.25) is 0 Å². The quantitative estimate of drug-likeness (QED) is 0.870. The maximum Gasteiger partial charge on any atom is 0.277 e. The van der Waals surface area contributed by atoms with Crippen LogP contribution < -0.4 is 5.32 Å². The molecule has 0 radical (unpaired) electrons. The highest BCUT2D eigenvalue weighted by Crippen LogP contribution is 2.26. The van der Waals surface area contributed by atoms with Gasteiger partial charge in [0, 0.05) is 29.6 Å². The fraction of sp³-hybridized carbons (Fsp3) is 0.0667. The average Bonchev–Trinajstić information content (AvgIpc) is 2.41. The van der Waals surface area contributed by atoms with Crippen LogP contribution in [0, 0.1) is 0 Å². The fourth-order valence-corrected chi connectivity index (χ4v) is 2.09. The summed E-state index contributed by atoms with van der Waals surface area (Å²) in [5.74, 6) is -0.159. The van der Waals surface area contributed by atoms with Crippen molar-refractivity contribution < 1.29 is 4.79 Å². The summed E-state index contributed by atoms with van der Waals surface area (Å²) in [6, 6.07) is 15.6. The highest BCUT2D eigenvalue weighted by molar-refractivity contribution is 6.05. The van der Waals surface area contributed by atoms with Crippen LogP contribution in [0.5, 0.6) is 0 Å². The van der Waals surface area contributed by atoms with E-state index >= 15 is 0 Å². The number of nitrogens with zero attached hydrogens (tertiary/aromatic N) is 1. The van der Waals surface area contributed by atoms with E-state index in [1.807, 2.05) is 48.5 Å². The summed E-state index contributed by atoms with van der Waals surface area (Å²) < 4.78 is 0. The van der Waals surface area contributed by atoms with Gasteiger partial charge >= 0.3 is 0 Å². The largest absolute Gasteiger partial charge is 0.355 e. The molecule has 0 fully saturated rings. The second-order valence-electron chi connectivity index (χ2n) is 4.14. The predicted molar refractivity (Wildman–Crippen MR) is 72.7 cm³/mol. The van der Waals surface area contributed by atoms with Gasteiger partial charge in [-0.25, -0.2) is 4.99 Å². The molecule has 1 N–H and O–H groups in total. The molecular formula is C15H12N2O. The summed E-state index contributed by atoms with van der Waals surface area (Å²) in [6.07, 6.45) is 2.36. The summed E-state index contributed by atoms with van der Waals surface area (Å²) in [6.45, 7) is 0. The number of hydrogen-bond donors (Lipinski definition) is 1. The van der Waals surface area contributed by atoms with Crippen molar-refractivity contribution in [2.24, 2.45) is 4.99 Å². The number of carbonyl (C=O) groups excluding carboxylic acids is 1. The van der Waals surface area contributed by atoms with Crippen molar-refractivity contribution in [2.75, 3.05) is 5.32 Å². The molecular weight excluding hydrogens is 224 g/mol. The van der Waals surface area contributed by atoms with Crippen molar-refractivity contribution in [2.45, 2.75) is 6.42 Å². The first kappa shape index (κ1) is 10.7. The number of nitrogens with one attached hydrogen (secondary N) is 1. The lowest BCUT2D eigenvalue weighted by Crippen LogP contribution is -2.10. The molecule has 0 bridgehead atoms. The Morgan fingerprint density at radius 1 is 1.00 bits per heavy atom. The highest BCUT2D eigenvalue weighted by atomic mass is 16.1. The van der Waals surface area contributed by atoms with Crippen LogP contribution in [0.4, 0.5) is 11.4 Å². The molecule has 2 aromatic rings. The van der Waals surface area contributed by atoms with E-state index in [0.29, 0.717) is 12.0 Å². The number of hydrogen-bond acceptors (Lipinski definition) is 2. The molecule has 0 atom stereocenters. The molecule has 0 spiro atoms. The van der Waals surface area contributed by atoms with Crippen molar-refractivity contribution in [3.05, 3.63) is 59.7 Å². The number of fused-ring (bicyclic) bond motifs is 1. The number of rotatable bonds is 2. The van der Waals surface area contributed by atoms with Crippen molar-refractivity contribution in [3.63, 3.8) is 0 Å². The van der Waals surface area contributed by atoms with Crippen LogP contribution in [0.1, 0.15) is 15.9 Å². The summed E-state index contributed by atoms with van der Waals surface area (Å²) in [5.41, 5.74) is 3.69. The van der Waals surface area contributed by atoms with E-state index in [4.69, 9.17) is 0 Å². The maximum absolute atomic E-state index is 11.7. The highest BCUT2D eigenvalue weighted by Gasteiger charge is 2.16. The Hall–Kier alpha value is -2.42. The van der Waals surface area contributed by atoms with Crippen LogP contribution in [0.25, 0.3) is 0 Å². The zero-order chi connectivity index (χ0) is 12.4. The number of carbonyl (C=O) groups is 1. The number of anilines is 2. The smallest absolute Gasteiger partial charge is 0.277 e. The van der Waals surface area contributed by atoms with E-state index in [-0.39, 0.29) is 5.91 Å². The van der Waals surface area contributed by atoms with E-state index in [1.165, 1.54) is 0 Å². The SMILES string of the molecule is O=C1N=CCc2c(Nc3ccccc3)cccc21. The molecule has 18 heavy (non-hydrogen) atoms. The second-order valence-corrected chi connectivity index (χ2v) is 4.14. The lowest BCUT2D eigenvalue weighted by atomic mass is 10.00. The Kier molecular flexibility index (Phi) is 2.65. The molecule has 1 amide bonds. The van der Waals surface area contributed by atoms with Crippen molar-refractivity contribution >= 4 is 23.5 Å². The summed E-state index contributed by atoms with van der Waals surface area (Å²) in [7, 11) is 0. The third-order valence-electron chi connectivity index (χ3n) is 2.96. The van der Waals surface area contributed by atoms with Crippen LogP contribution in [0.15, 0.2) is 53.5 Å². The van der Waals surface area contributed by atoms with E-state index in [9.17, 15) is 4.79 Å². The lowest BCUT2D eigenvalue weighted by Gasteiger charge is -2.15. The minimum absolute atomic E-state index is 0.159. The molecule has 88 valence electrons. The third kappa shape index (κ3) is 1.91. The topological polar surface area (TPSA) is 41.5 Å². The van der Waals surface area contributed by atoms with E-state index < -0.39 is 0 Å². The maximum atomic E-state index is 11.7. The zero-order valence-corrected chi connectivity index (χ0v) is 9.76. The molecule has 2 aromatic carbocycles. The van der Waals surface area contributed by atoms with Gasteiger partial charge in [-0.05, 0) is 29.8 Å². The number of aliphatic imine (C=N–C) groups is 1. The minimum Gasteiger partial charge on any atom is -0.355 e. The van der Waals surface area contributed by atoms with Gasteiger partial charge in [0.2, 0.25) is 0 Å². The van der Waals surface area contributed by atoms with Gasteiger partial charge < -0.3 is 5.32 Å². The minimum atomic E-state index is -0.159. The van der Waals surface area contributed by atoms with Gasteiger partial charge in [-0.1, -0.05) is 24.3 Å². The Morgan fingerprint density at radius 3 is 2.67 bits per heavy atom. The van der Waals surface area contributed by atoms with Crippen molar-refractivity contribution in [1.82, 2.24) is 0 Å². The fourth-order valence-electron chi connectivity index (χ4n) is 2.09. The first-order chi connectivity index (χ1) is 8.84. The molecule has 0 aliphatic carbocycles. The standard InChI is InChI=1S/C15H12N2O/c18-15-13-7-4-8-14(12(13)9-10-16-15)17-11-5-2-1-3-6-11/h1-8,10,17H,9H2. The predicted octanol–water partition coefficient (Wildman–Crippen LogP) is 3.20. The van der Waals surface area contributed by atoms with E-state index in [1.54, 1.807) is 6.21 Å². The van der Waals surface area contributed by atoms with Crippen LogP contribution in [-0.2, 0) is 6.42 Å². The zero-order valence-electron chi connectivity index (χ0n) is 9.76. The summed E-state index contributed by atoms with van der Waals surface area (Å²) in [5, 5.41) is 3.34. The Labute approximate surface area is 105 Å². The van der Waals surface area contributed by atoms with Gasteiger partial charge in [0.25, 0.3) is 5.91 Å². The molecule has 3 heteroatoms. The molecule has 1 aliphatic heterocycles. The van der Waals surface area contributed by atoms with Gasteiger partial charge in [-0.2, -0.15) is 0 Å². The van der Waals surface area contributed by atoms with Crippen molar-refractivity contribution in [3.8, 4) is 0 Å². The van der Waals surface area contributed by atoms with Gasteiger partial charge in [-0.15, -0.1) is 0 Å². The molecule has 3 rings (SSSR count). The van der Waals surface area contributed by atoms with Gasteiger partial charge in [0.1, 0.15) is 0 Å². The summed E-state index contributed by atoms with van der Waals surface area (Å²) in [4.78, 5) is 15.5. The normalized spacial score (nSPS) is 13.2. The average molecular weight is 236 g/mol. The lowest BCUT2D eigenvalue weighted by molar-refractivity contribution is 0.100. The van der Waals surface area contributed by atoms with E-state index in [2.05, 4.69) is 10.3 Å². The Morgan fingerprint density at radius 2 is 1.83 bits per heavy atom. The number of para-hydroxylation sites is 1. The molecule has 0 saturated carbocycles. The first-order valence-electron chi connectivity index (χ1n) is 5.85. The van der Waals surface area contributed by atoms with Crippen molar-refractivity contribution in [1.29, 1.82) is 0 Å². The molecule has 0 aromatic heterocycles. The number of amides is 1. The van der Waals surface area contributed by atoms with Crippen LogP contribution in [-0.4, -0.2) is 12.1 Å². The van der Waals surface area contributed by atoms with Gasteiger partial charge in [-0.3, -0.25) is 4.79 Å². The Balaban J connectivity index is 2.00. The van der Waals surface area contributed by atoms with Crippen LogP contribution >= 0.6 is 0 Å². The first-order valence-corrected chi connectivity index (χ1v) is 5.85. The van der Waals surface area contributed by atoms with Gasteiger partial charge in [0.05, 0.1) is 0 Å². The third-order valence-corrected chi connectivity index (χ3v) is 2.96. The molecule has 0 unspecified atom stereocenters. The molecule has 0 saturated heterocycles. The summed E-state index contributed by atoms with van der Waals surface area (Å²) >= 11 is 0. The second kappa shape index (κ2) is 4.45. The van der Waals surface area contributed by atoms with E-state index in [0.717, 1.165) is 16.9 Å². The van der Waals surface area contributed by atoms with Crippen LogP contribution in [0.3, 0.4) is 0 Å². The number of benzene rings is 2. The monoisotopic (exact) mass is 236 g/mol. The van der Waals surface area contributed by atoms with Gasteiger partial charge in [0.15, 0.2) is 0 Å². The molecule has 1 aliphatic rings. The molecule has 1 heterocycles. The Bertz CT molecular complexity index is 618. The molecule has 3 nitrogen and oxygen atoms in total.